The molecule has 0 bridgehead atoms. The zero-order valence-electron chi connectivity index (χ0n) is 11.5. The van der Waals surface area contributed by atoms with Gasteiger partial charge in [0.2, 0.25) is 0 Å². The number of aliphatic hydroxyl groups excluding tert-OH is 1. The Labute approximate surface area is 131 Å². The topological polar surface area (TPSA) is 46.2 Å². The zero-order chi connectivity index (χ0) is 15.0. The van der Waals surface area contributed by atoms with E-state index >= 15 is 0 Å². The molecule has 2 aromatic rings. The van der Waals surface area contributed by atoms with E-state index in [1.807, 2.05) is 18.2 Å². The van der Waals surface area contributed by atoms with E-state index in [9.17, 15) is 9.50 Å². The standard InChI is InChI=1S/C17H17BrFNO/c18-15-6-5-12(19)9-13(15)16(21)17(10-20)8-7-11-3-1-2-4-14(11)17/h1-6,9,16,21H,7-8,10,20H2. The van der Waals surface area contributed by atoms with Crippen LogP contribution >= 0.6 is 15.9 Å². The van der Waals surface area contributed by atoms with Crippen LogP contribution in [-0.4, -0.2) is 11.7 Å². The van der Waals surface area contributed by atoms with Crippen LogP contribution < -0.4 is 5.73 Å². The Kier molecular flexibility index (Phi) is 3.86. The molecule has 2 atom stereocenters. The van der Waals surface area contributed by atoms with Crippen molar-refractivity contribution in [3.05, 3.63) is 69.4 Å². The fourth-order valence-corrected chi connectivity index (χ4v) is 3.81. The van der Waals surface area contributed by atoms with E-state index in [0.717, 1.165) is 18.4 Å². The number of aryl methyl sites for hydroxylation is 1. The van der Waals surface area contributed by atoms with Crippen molar-refractivity contribution in [1.82, 2.24) is 0 Å². The average molecular weight is 350 g/mol. The van der Waals surface area contributed by atoms with E-state index in [-0.39, 0.29) is 5.82 Å². The molecule has 4 heteroatoms. The Morgan fingerprint density at radius 1 is 1.29 bits per heavy atom. The van der Waals surface area contributed by atoms with Crippen molar-refractivity contribution in [1.29, 1.82) is 0 Å². The van der Waals surface area contributed by atoms with Gasteiger partial charge in [-0.05, 0) is 47.7 Å². The quantitative estimate of drug-likeness (QED) is 0.891. The van der Waals surface area contributed by atoms with Crippen molar-refractivity contribution in [2.24, 2.45) is 5.73 Å². The largest absolute Gasteiger partial charge is 0.387 e. The van der Waals surface area contributed by atoms with Gasteiger partial charge in [-0.3, -0.25) is 0 Å². The zero-order valence-corrected chi connectivity index (χ0v) is 13.1. The lowest BCUT2D eigenvalue weighted by Crippen LogP contribution is -2.39. The van der Waals surface area contributed by atoms with Gasteiger partial charge in [-0.15, -0.1) is 0 Å². The number of hydrogen-bond donors (Lipinski definition) is 2. The lowest BCUT2D eigenvalue weighted by molar-refractivity contribution is 0.0831. The number of aliphatic hydroxyl groups is 1. The van der Waals surface area contributed by atoms with Gasteiger partial charge < -0.3 is 10.8 Å². The first kappa shape index (κ1) is 14.7. The van der Waals surface area contributed by atoms with Crippen LogP contribution in [0.1, 0.15) is 29.2 Å². The smallest absolute Gasteiger partial charge is 0.123 e. The van der Waals surface area contributed by atoms with Gasteiger partial charge in [0.1, 0.15) is 5.82 Å². The maximum absolute atomic E-state index is 13.6. The maximum atomic E-state index is 13.6. The minimum absolute atomic E-state index is 0.328. The van der Waals surface area contributed by atoms with Crippen LogP contribution in [0.2, 0.25) is 0 Å². The number of hydrogen-bond acceptors (Lipinski definition) is 2. The van der Waals surface area contributed by atoms with Crippen molar-refractivity contribution >= 4 is 15.9 Å². The van der Waals surface area contributed by atoms with Crippen LogP contribution in [0.3, 0.4) is 0 Å². The Hall–Kier alpha value is -1.23. The molecular weight excluding hydrogens is 333 g/mol. The van der Waals surface area contributed by atoms with Gasteiger partial charge in [0.25, 0.3) is 0 Å². The van der Waals surface area contributed by atoms with Gasteiger partial charge in [0, 0.05) is 16.4 Å². The van der Waals surface area contributed by atoms with Crippen LogP contribution in [0.25, 0.3) is 0 Å². The summed E-state index contributed by atoms with van der Waals surface area (Å²) in [5, 5.41) is 10.9. The summed E-state index contributed by atoms with van der Waals surface area (Å²) in [6.45, 7) is 0.328. The molecule has 3 N–H and O–H groups in total. The van der Waals surface area contributed by atoms with Crippen molar-refractivity contribution in [2.75, 3.05) is 6.54 Å². The van der Waals surface area contributed by atoms with Crippen molar-refractivity contribution < 1.29 is 9.50 Å². The molecule has 1 aliphatic carbocycles. The number of rotatable bonds is 3. The van der Waals surface area contributed by atoms with Crippen LogP contribution in [0.4, 0.5) is 4.39 Å². The second kappa shape index (κ2) is 5.52. The fourth-order valence-electron chi connectivity index (χ4n) is 3.35. The molecule has 21 heavy (non-hydrogen) atoms. The molecule has 0 fully saturated rings. The van der Waals surface area contributed by atoms with Gasteiger partial charge in [0.15, 0.2) is 0 Å². The molecule has 0 radical (unpaired) electrons. The van der Waals surface area contributed by atoms with Crippen LogP contribution in [-0.2, 0) is 11.8 Å². The minimum atomic E-state index is -0.837. The highest BCUT2D eigenvalue weighted by atomic mass is 79.9. The normalized spacial score (nSPS) is 22.1. The highest BCUT2D eigenvalue weighted by Crippen LogP contribution is 2.48. The molecule has 0 saturated carbocycles. The van der Waals surface area contributed by atoms with Gasteiger partial charge in [0.05, 0.1) is 6.10 Å². The number of fused-ring (bicyclic) bond motifs is 1. The third-order valence-corrected chi connectivity index (χ3v) is 5.26. The molecule has 0 saturated heterocycles. The second-order valence-corrected chi connectivity index (χ2v) is 6.44. The van der Waals surface area contributed by atoms with E-state index in [1.54, 1.807) is 6.07 Å². The molecular formula is C17H17BrFNO. The molecule has 2 nitrogen and oxygen atoms in total. The second-order valence-electron chi connectivity index (χ2n) is 5.59. The molecule has 0 aliphatic heterocycles. The van der Waals surface area contributed by atoms with Gasteiger partial charge in [-0.2, -0.15) is 0 Å². The van der Waals surface area contributed by atoms with E-state index in [0.29, 0.717) is 16.6 Å². The van der Waals surface area contributed by atoms with Crippen LogP contribution in [0.5, 0.6) is 0 Å². The summed E-state index contributed by atoms with van der Waals surface area (Å²) in [6.07, 6.45) is 0.820. The molecule has 3 rings (SSSR count). The summed E-state index contributed by atoms with van der Waals surface area (Å²) in [6, 6.07) is 12.4. The first-order valence-electron chi connectivity index (χ1n) is 7.00. The summed E-state index contributed by atoms with van der Waals surface area (Å²) in [7, 11) is 0. The Balaban J connectivity index is 2.11. The number of nitrogens with two attached hydrogens (primary N) is 1. The van der Waals surface area contributed by atoms with E-state index in [4.69, 9.17) is 5.73 Å². The van der Waals surface area contributed by atoms with E-state index in [1.165, 1.54) is 17.7 Å². The highest BCUT2D eigenvalue weighted by molar-refractivity contribution is 9.10. The lowest BCUT2D eigenvalue weighted by atomic mass is 9.74. The monoisotopic (exact) mass is 349 g/mol. The van der Waals surface area contributed by atoms with Crippen molar-refractivity contribution in [3.63, 3.8) is 0 Å². The summed E-state index contributed by atoms with van der Waals surface area (Å²) in [5.41, 5.74) is 8.34. The first-order valence-corrected chi connectivity index (χ1v) is 7.79. The SMILES string of the molecule is NCC1(C(O)c2cc(F)ccc2Br)CCc2ccccc21. The molecule has 0 heterocycles. The van der Waals surface area contributed by atoms with Gasteiger partial charge in [-0.25, -0.2) is 4.39 Å². The Morgan fingerprint density at radius 2 is 2.05 bits per heavy atom. The average Bonchev–Trinajstić information content (AvgIpc) is 2.89. The minimum Gasteiger partial charge on any atom is -0.387 e. The Morgan fingerprint density at radius 3 is 2.81 bits per heavy atom. The number of halogens is 2. The third-order valence-electron chi connectivity index (χ3n) is 4.53. The predicted octanol–water partition coefficient (Wildman–Crippen LogP) is 3.46. The van der Waals surface area contributed by atoms with E-state index in [2.05, 4.69) is 22.0 Å². The Bertz CT molecular complexity index is 676. The van der Waals surface area contributed by atoms with Crippen molar-refractivity contribution in [3.8, 4) is 0 Å². The fraction of sp³-hybridized carbons (Fsp3) is 0.294. The molecule has 0 amide bonds. The first-order chi connectivity index (χ1) is 10.1. The predicted molar refractivity (Wildman–Crippen MR) is 84.6 cm³/mol. The molecule has 0 aromatic heterocycles. The maximum Gasteiger partial charge on any atom is 0.123 e. The molecule has 2 unspecified atom stereocenters. The summed E-state index contributed by atoms with van der Waals surface area (Å²) in [4.78, 5) is 0. The molecule has 2 aromatic carbocycles. The molecule has 1 aliphatic rings. The summed E-state index contributed by atoms with van der Waals surface area (Å²) < 4.78 is 14.3. The molecule has 110 valence electrons. The van der Waals surface area contributed by atoms with Gasteiger partial charge in [-0.1, -0.05) is 40.2 Å². The summed E-state index contributed by atoms with van der Waals surface area (Å²) in [5.74, 6) is -0.356. The highest BCUT2D eigenvalue weighted by Gasteiger charge is 2.44. The third kappa shape index (κ3) is 2.31. The van der Waals surface area contributed by atoms with Crippen LogP contribution in [0.15, 0.2) is 46.9 Å². The van der Waals surface area contributed by atoms with Crippen LogP contribution in [0, 0.1) is 5.82 Å². The van der Waals surface area contributed by atoms with Crippen molar-refractivity contribution in [2.45, 2.75) is 24.4 Å². The molecule has 0 spiro atoms. The number of benzene rings is 2. The lowest BCUT2D eigenvalue weighted by Gasteiger charge is -2.35. The van der Waals surface area contributed by atoms with Gasteiger partial charge >= 0.3 is 0 Å². The van der Waals surface area contributed by atoms with E-state index < -0.39 is 11.5 Å². The summed E-state index contributed by atoms with van der Waals surface area (Å²) >= 11 is 3.40.